The van der Waals surface area contributed by atoms with Crippen molar-refractivity contribution >= 4 is 23.4 Å². The Kier molecular flexibility index (Phi) is 9.36. The van der Waals surface area contributed by atoms with E-state index in [0.717, 1.165) is 61.2 Å². The highest BCUT2D eigenvalue weighted by Crippen LogP contribution is 2.28. The number of nitrogens with zero attached hydrogens (tertiary/aromatic N) is 4. The van der Waals surface area contributed by atoms with Gasteiger partial charge in [0.05, 0.1) is 12.9 Å². The monoisotopic (exact) mass is 466 g/mol. The number of benzene rings is 2. The highest BCUT2D eigenvalue weighted by Gasteiger charge is 2.23. The van der Waals surface area contributed by atoms with Gasteiger partial charge in [-0.3, -0.25) is 4.79 Å². The van der Waals surface area contributed by atoms with E-state index in [4.69, 9.17) is 4.74 Å². The van der Waals surface area contributed by atoms with Gasteiger partial charge in [0, 0.05) is 25.2 Å². The van der Waals surface area contributed by atoms with E-state index in [0.29, 0.717) is 5.75 Å². The second kappa shape index (κ2) is 12.4. The van der Waals surface area contributed by atoms with Gasteiger partial charge in [-0.2, -0.15) is 0 Å². The second-order valence-electron chi connectivity index (χ2n) is 7.56. The summed E-state index contributed by atoms with van der Waals surface area (Å²) >= 11 is 1.48. The molecule has 176 valence electrons. The predicted octanol–water partition coefficient (Wildman–Crippen LogP) is 5.19. The van der Waals surface area contributed by atoms with Gasteiger partial charge in [0.15, 0.2) is 5.16 Å². The average Bonchev–Trinajstić information content (AvgIpc) is 3.28. The van der Waals surface area contributed by atoms with Crippen molar-refractivity contribution in [2.45, 2.75) is 58.2 Å². The lowest BCUT2D eigenvalue weighted by Gasteiger charge is -2.29. The Labute approximate surface area is 201 Å². The molecule has 0 N–H and O–H groups in total. The summed E-state index contributed by atoms with van der Waals surface area (Å²) in [6.07, 6.45) is 3.74. The maximum absolute atomic E-state index is 12.9. The number of anilines is 1. The molecule has 1 aliphatic heterocycles. The van der Waals surface area contributed by atoms with E-state index in [1.54, 1.807) is 7.11 Å². The van der Waals surface area contributed by atoms with Crippen LogP contribution in [0.3, 0.4) is 0 Å². The van der Waals surface area contributed by atoms with E-state index >= 15 is 0 Å². The Balaban J connectivity index is 0.00000149. The Bertz CT molecular complexity index is 1030. The Morgan fingerprint density at radius 2 is 1.82 bits per heavy atom. The fourth-order valence-corrected chi connectivity index (χ4v) is 4.87. The van der Waals surface area contributed by atoms with Crippen molar-refractivity contribution in [3.63, 3.8) is 0 Å². The number of fused-ring (bicyclic) bond motifs is 1. The smallest absolute Gasteiger partial charge is 0.237 e. The van der Waals surface area contributed by atoms with Crippen molar-refractivity contribution in [1.29, 1.82) is 0 Å². The minimum absolute atomic E-state index is 0.127. The number of amides is 1. The summed E-state index contributed by atoms with van der Waals surface area (Å²) in [7, 11) is 1.67. The predicted molar refractivity (Wildman–Crippen MR) is 135 cm³/mol. The standard InChI is InChI=1S/C24H28N4O2S.C2H6/c1-3-27-22(15-12-18-10-13-20(30-2)14-11-18)25-26-24(27)31-17-23(29)28-16-6-8-19-7-4-5-9-21(19)28;1-2/h4-5,7,9-11,13-14H,3,6,8,12,15-17H2,1-2H3;1-2H3. The molecule has 0 saturated heterocycles. The third kappa shape index (κ3) is 6.16. The molecule has 0 bridgehead atoms. The number of ether oxygens (including phenoxy) is 1. The van der Waals surface area contributed by atoms with Crippen LogP contribution in [-0.4, -0.2) is 40.1 Å². The van der Waals surface area contributed by atoms with E-state index in [-0.39, 0.29) is 5.91 Å². The minimum atomic E-state index is 0.127. The number of methoxy groups -OCH3 is 1. The SMILES string of the molecule is CC.CCn1c(CCc2ccc(OC)cc2)nnc1SCC(=O)N1CCCc2ccccc21. The first-order valence-corrected chi connectivity index (χ1v) is 12.7. The fraction of sp³-hybridized carbons (Fsp3) is 0.423. The molecule has 0 unspecified atom stereocenters. The number of hydrogen-bond acceptors (Lipinski definition) is 5. The van der Waals surface area contributed by atoms with Crippen LogP contribution in [0, 0.1) is 0 Å². The van der Waals surface area contributed by atoms with E-state index in [1.165, 1.54) is 22.9 Å². The summed E-state index contributed by atoms with van der Waals surface area (Å²) in [6.45, 7) is 7.66. The van der Waals surface area contributed by atoms with Gasteiger partial charge in [-0.25, -0.2) is 0 Å². The van der Waals surface area contributed by atoms with E-state index < -0.39 is 0 Å². The van der Waals surface area contributed by atoms with Crippen molar-refractivity contribution in [2.24, 2.45) is 0 Å². The minimum Gasteiger partial charge on any atom is -0.497 e. The van der Waals surface area contributed by atoms with Crippen LogP contribution in [0.15, 0.2) is 53.7 Å². The number of aromatic nitrogens is 3. The summed E-state index contributed by atoms with van der Waals surface area (Å²) in [5, 5.41) is 9.59. The molecule has 1 aromatic heterocycles. The molecule has 0 fully saturated rings. The maximum Gasteiger partial charge on any atom is 0.237 e. The van der Waals surface area contributed by atoms with Gasteiger partial charge in [0.1, 0.15) is 11.6 Å². The number of para-hydroxylation sites is 1. The maximum atomic E-state index is 12.9. The van der Waals surface area contributed by atoms with Crippen molar-refractivity contribution in [2.75, 3.05) is 24.3 Å². The number of thioether (sulfide) groups is 1. The molecule has 0 radical (unpaired) electrons. The molecule has 1 amide bonds. The summed E-state index contributed by atoms with van der Waals surface area (Å²) in [5.41, 5.74) is 3.54. The number of carbonyl (C=O) groups is 1. The normalized spacial score (nSPS) is 12.5. The Morgan fingerprint density at radius 1 is 1.06 bits per heavy atom. The van der Waals surface area contributed by atoms with Gasteiger partial charge in [0.2, 0.25) is 5.91 Å². The highest BCUT2D eigenvalue weighted by atomic mass is 32.2. The number of carbonyl (C=O) groups excluding carboxylic acids is 1. The number of hydrogen-bond donors (Lipinski definition) is 0. The van der Waals surface area contributed by atoms with Gasteiger partial charge in [-0.15, -0.1) is 10.2 Å². The summed E-state index contributed by atoms with van der Waals surface area (Å²) < 4.78 is 7.34. The van der Waals surface area contributed by atoms with Crippen LogP contribution in [0.4, 0.5) is 5.69 Å². The summed E-state index contributed by atoms with van der Waals surface area (Å²) in [6, 6.07) is 16.3. The van der Waals surface area contributed by atoms with Crippen LogP contribution in [0.1, 0.15) is 44.1 Å². The van der Waals surface area contributed by atoms with E-state index in [9.17, 15) is 4.79 Å². The first-order valence-electron chi connectivity index (χ1n) is 11.8. The topological polar surface area (TPSA) is 60.2 Å². The van der Waals surface area contributed by atoms with Crippen LogP contribution in [0.2, 0.25) is 0 Å². The molecule has 6 nitrogen and oxygen atoms in total. The van der Waals surface area contributed by atoms with E-state index in [2.05, 4.69) is 39.9 Å². The van der Waals surface area contributed by atoms with Gasteiger partial charge >= 0.3 is 0 Å². The quantitative estimate of drug-likeness (QED) is 0.428. The zero-order valence-corrected chi connectivity index (χ0v) is 20.9. The molecule has 1 aliphatic rings. The second-order valence-corrected chi connectivity index (χ2v) is 8.50. The largest absolute Gasteiger partial charge is 0.497 e. The molecule has 2 heterocycles. The number of rotatable bonds is 8. The third-order valence-electron chi connectivity index (χ3n) is 5.64. The lowest BCUT2D eigenvalue weighted by molar-refractivity contribution is -0.116. The van der Waals surface area contributed by atoms with Crippen LogP contribution >= 0.6 is 11.8 Å². The summed E-state index contributed by atoms with van der Waals surface area (Å²) in [4.78, 5) is 14.9. The lowest BCUT2D eigenvalue weighted by Crippen LogP contribution is -2.36. The van der Waals surface area contributed by atoms with Crippen molar-refractivity contribution in [1.82, 2.24) is 14.8 Å². The van der Waals surface area contributed by atoms with Crippen LogP contribution < -0.4 is 9.64 Å². The molecule has 0 aliphatic carbocycles. The van der Waals surface area contributed by atoms with Crippen LogP contribution in [-0.2, 0) is 30.6 Å². The van der Waals surface area contributed by atoms with Crippen LogP contribution in [0.25, 0.3) is 0 Å². The number of aryl methyl sites for hydroxylation is 3. The molecule has 4 rings (SSSR count). The zero-order chi connectivity index (χ0) is 23.6. The zero-order valence-electron chi connectivity index (χ0n) is 20.1. The van der Waals surface area contributed by atoms with Crippen molar-refractivity contribution in [3.05, 3.63) is 65.5 Å². The van der Waals surface area contributed by atoms with Gasteiger partial charge in [-0.05, 0) is 55.5 Å². The van der Waals surface area contributed by atoms with Crippen LogP contribution in [0.5, 0.6) is 5.75 Å². The first kappa shape index (κ1) is 24.8. The molecule has 7 heteroatoms. The molecule has 2 aromatic carbocycles. The highest BCUT2D eigenvalue weighted by molar-refractivity contribution is 7.99. The average molecular weight is 467 g/mol. The molecular formula is C26H34N4O2S. The third-order valence-corrected chi connectivity index (χ3v) is 6.59. The Morgan fingerprint density at radius 3 is 2.55 bits per heavy atom. The fourth-order valence-electron chi connectivity index (χ4n) is 3.97. The summed E-state index contributed by atoms with van der Waals surface area (Å²) in [5.74, 6) is 2.31. The van der Waals surface area contributed by atoms with E-state index in [1.807, 2.05) is 49.1 Å². The molecule has 0 spiro atoms. The van der Waals surface area contributed by atoms with Gasteiger partial charge in [0.25, 0.3) is 0 Å². The first-order chi connectivity index (χ1) is 16.2. The van der Waals surface area contributed by atoms with Crippen molar-refractivity contribution < 1.29 is 9.53 Å². The van der Waals surface area contributed by atoms with Gasteiger partial charge < -0.3 is 14.2 Å². The molecular weight excluding hydrogens is 432 g/mol. The lowest BCUT2D eigenvalue weighted by atomic mass is 10.0. The molecule has 0 saturated carbocycles. The molecule has 3 aromatic rings. The molecule has 0 atom stereocenters. The Hall–Kier alpha value is -2.80. The molecule has 33 heavy (non-hydrogen) atoms. The van der Waals surface area contributed by atoms with Gasteiger partial charge in [-0.1, -0.05) is 55.9 Å². The van der Waals surface area contributed by atoms with Crippen molar-refractivity contribution in [3.8, 4) is 5.75 Å².